The van der Waals surface area contributed by atoms with Crippen LogP contribution in [0.15, 0.2) is 12.2 Å². The van der Waals surface area contributed by atoms with Crippen molar-refractivity contribution in [3.05, 3.63) is 12.2 Å². The number of hydrogen-bond acceptors (Lipinski definition) is 4. The standard InChI is InChI=1S/C15H25NO4/c1-10(2)13-15(4,5)20-14(18)16(13)12(17)8-7-11(3)9-19-6/h7-8,10-11,13H,9H2,1-6H3/b8-7+/t11?,13-/m0/s1. The molecule has 1 fully saturated rings. The smallest absolute Gasteiger partial charge is 0.417 e. The summed E-state index contributed by atoms with van der Waals surface area (Å²) in [4.78, 5) is 25.4. The van der Waals surface area contributed by atoms with E-state index in [1.807, 2.05) is 34.6 Å². The zero-order chi connectivity index (χ0) is 15.5. The van der Waals surface area contributed by atoms with E-state index in [4.69, 9.17) is 9.47 Å². The van der Waals surface area contributed by atoms with E-state index in [0.717, 1.165) is 0 Å². The Labute approximate surface area is 120 Å². The van der Waals surface area contributed by atoms with E-state index in [2.05, 4.69) is 0 Å². The number of carbonyl (C=O) groups is 2. The van der Waals surface area contributed by atoms with E-state index in [9.17, 15) is 9.59 Å². The van der Waals surface area contributed by atoms with Gasteiger partial charge in [-0.25, -0.2) is 9.69 Å². The predicted octanol–water partition coefficient (Wildman–Crippen LogP) is 2.61. The normalized spacial score (nSPS) is 23.4. The highest BCUT2D eigenvalue weighted by atomic mass is 16.6. The van der Waals surface area contributed by atoms with Gasteiger partial charge >= 0.3 is 6.09 Å². The van der Waals surface area contributed by atoms with Crippen molar-refractivity contribution < 1.29 is 19.1 Å². The van der Waals surface area contributed by atoms with Gasteiger partial charge in [0.05, 0.1) is 12.6 Å². The largest absolute Gasteiger partial charge is 0.441 e. The Morgan fingerprint density at radius 2 is 2.05 bits per heavy atom. The molecule has 114 valence electrons. The first kappa shape index (κ1) is 16.7. The second-order valence-corrected chi connectivity index (χ2v) is 6.16. The molecule has 1 heterocycles. The maximum absolute atomic E-state index is 12.3. The first-order valence-corrected chi connectivity index (χ1v) is 6.94. The van der Waals surface area contributed by atoms with Crippen molar-refractivity contribution >= 4 is 12.0 Å². The molecule has 2 atom stereocenters. The lowest BCUT2D eigenvalue weighted by Crippen LogP contribution is -2.47. The molecule has 1 aliphatic rings. The molecule has 1 unspecified atom stereocenters. The van der Waals surface area contributed by atoms with Gasteiger partial charge in [0.25, 0.3) is 5.91 Å². The number of amides is 2. The van der Waals surface area contributed by atoms with Crippen molar-refractivity contribution in [2.24, 2.45) is 11.8 Å². The summed E-state index contributed by atoms with van der Waals surface area (Å²) in [5.74, 6) is -0.0829. The fraction of sp³-hybridized carbons (Fsp3) is 0.733. The molecule has 0 aromatic heterocycles. The summed E-state index contributed by atoms with van der Waals surface area (Å²) in [7, 11) is 1.61. The Bertz CT molecular complexity index is 401. The van der Waals surface area contributed by atoms with Crippen molar-refractivity contribution in [3.63, 3.8) is 0 Å². The molecule has 1 saturated heterocycles. The van der Waals surface area contributed by atoms with Crippen LogP contribution in [0.1, 0.15) is 34.6 Å². The third-order valence-corrected chi connectivity index (χ3v) is 3.40. The minimum Gasteiger partial charge on any atom is -0.441 e. The van der Waals surface area contributed by atoms with Crippen LogP contribution >= 0.6 is 0 Å². The van der Waals surface area contributed by atoms with Crippen molar-refractivity contribution in [3.8, 4) is 0 Å². The molecule has 0 spiro atoms. The highest BCUT2D eigenvalue weighted by molar-refractivity contribution is 6.00. The number of nitrogens with zero attached hydrogens (tertiary/aromatic N) is 1. The lowest BCUT2D eigenvalue weighted by atomic mass is 9.89. The summed E-state index contributed by atoms with van der Waals surface area (Å²) in [5.41, 5.74) is -0.660. The van der Waals surface area contributed by atoms with Gasteiger partial charge in [-0.2, -0.15) is 0 Å². The molecule has 0 saturated carbocycles. The van der Waals surface area contributed by atoms with Crippen molar-refractivity contribution in [1.29, 1.82) is 0 Å². The zero-order valence-corrected chi connectivity index (χ0v) is 13.2. The molecular weight excluding hydrogens is 258 g/mol. The molecule has 0 aromatic rings. The fourth-order valence-electron chi connectivity index (χ4n) is 2.73. The Balaban J connectivity index is 2.87. The number of hydrogen-bond donors (Lipinski definition) is 0. The van der Waals surface area contributed by atoms with Gasteiger partial charge in [-0.1, -0.05) is 26.8 Å². The number of methoxy groups -OCH3 is 1. The predicted molar refractivity (Wildman–Crippen MR) is 76.2 cm³/mol. The Hall–Kier alpha value is -1.36. The molecule has 0 aromatic carbocycles. The van der Waals surface area contributed by atoms with Gasteiger partial charge in [0.15, 0.2) is 0 Å². The number of ether oxygens (including phenoxy) is 2. The second-order valence-electron chi connectivity index (χ2n) is 6.16. The van der Waals surface area contributed by atoms with Crippen LogP contribution in [0.4, 0.5) is 4.79 Å². The molecular formula is C15H25NO4. The van der Waals surface area contributed by atoms with Gasteiger partial charge < -0.3 is 9.47 Å². The number of rotatable bonds is 5. The molecule has 0 radical (unpaired) electrons. The number of carbonyl (C=O) groups excluding carboxylic acids is 2. The minimum absolute atomic E-state index is 0.119. The molecule has 0 N–H and O–H groups in total. The van der Waals surface area contributed by atoms with Crippen molar-refractivity contribution in [2.45, 2.75) is 46.3 Å². The quantitative estimate of drug-likeness (QED) is 0.728. The Kier molecular flexibility index (Phi) is 5.34. The SMILES string of the molecule is COCC(C)/C=C/C(=O)N1C(=O)OC(C)(C)[C@@H]1C(C)C. The van der Waals surface area contributed by atoms with Crippen LogP contribution in [0.3, 0.4) is 0 Å². The highest BCUT2D eigenvalue weighted by Gasteiger charge is 2.51. The van der Waals surface area contributed by atoms with Gasteiger partial charge in [-0.15, -0.1) is 0 Å². The molecule has 1 aliphatic heterocycles. The van der Waals surface area contributed by atoms with Crippen LogP contribution in [-0.4, -0.2) is 42.3 Å². The summed E-state index contributed by atoms with van der Waals surface area (Å²) in [6.45, 7) is 10.1. The maximum Gasteiger partial charge on any atom is 0.417 e. The molecule has 5 nitrogen and oxygen atoms in total. The van der Waals surface area contributed by atoms with Gasteiger partial charge in [0.1, 0.15) is 5.60 Å². The van der Waals surface area contributed by atoms with Crippen LogP contribution in [0.25, 0.3) is 0 Å². The van der Waals surface area contributed by atoms with Gasteiger partial charge in [0.2, 0.25) is 0 Å². The van der Waals surface area contributed by atoms with E-state index in [1.165, 1.54) is 11.0 Å². The van der Waals surface area contributed by atoms with Crippen LogP contribution < -0.4 is 0 Å². The minimum atomic E-state index is -0.660. The molecule has 0 aliphatic carbocycles. The zero-order valence-electron chi connectivity index (χ0n) is 13.2. The maximum atomic E-state index is 12.3. The Morgan fingerprint density at radius 3 is 2.55 bits per heavy atom. The monoisotopic (exact) mass is 283 g/mol. The van der Waals surface area contributed by atoms with Crippen LogP contribution in [-0.2, 0) is 14.3 Å². The fourth-order valence-corrected chi connectivity index (χ4v) is 2.73. The molecule has 0 bridgehead atoms. The van der Waals surface area contributed by atoms with Gasteiger partial charge in [0, 0.05) is 13.2 Å². The van der Waals surface area contributed by atoms with Gasteiger partial charge in [-0.3, -0.25) is 4.79 Å². The van der Waals surface area contributed by atoms with E-state index in [0.29, 0.717) is 6.61 Å². The lowest BCUT2D eigenvalue weighted by Gasteiger charge is -2.30. The van der Waals surface area contributed by atoms with Crippen LogP contribution in [0.2, 0.25) is 0 Å². The first-order chi connectivity index (χ1) is 9.20. The first-order valence-electron chi connectivity index (χ1n) is 6.94. The summed E-state index contributed by atoms with van der Waals surface area (Å²) in [6.07, 6.45) is 2.62. The summed E-state index contributed by atoms with van der Waals surface area (Å²) < 4.78 is 10.3. The Morgan fingerprint density at radius 1 is 1.45 bits per heavy atom. The van der Waals surface area contributed by atoms with Crippen molar-refractivity contribution in [1.82, 2.24) is 4.90 Å². The van der Waals surface area contributed by atoms with Crippen LogP contribution in [0, 0.1) is 11.8 Å². The second kappa shape index (κ2) is 6.39. The molecule has 2 amide bonds. The van der Waals surface area contributed by atoms with Crippen LogP contribution in [0.5, 0.6) is 0 Å². The van der Waals surface area contributed by atoms with Crippen molar-refractivity contribution in [2.75, 3.05) is 13.7 Å². The van der Waals surface area contributed by atoms with E-state index in [1.54, 1.807) is 13.2 Å². The van der Waals surface area contributed by atoms with E-state index in [-0.39, 0.29) is 23.8 Å². The highest BCUT2D eigenvalue weighted by Crippen LogP contribution is 2.34. The van der Waals surface area contributed by atoms with E-state index < -0.39 is 11.7 Å². The molecule has 1 rings (SSSR count). The number of cyclic esters (lactones) is 1. The van der Waals surface area contributed by atoms with Gasteiger partial charge in [-0.05, 0) is 25.7 Å². The molecule has 5 heteroatoms. The number of imide groups is 1. The topological polar surface area (TPSA) is 55.8 Å². The average Bonchev–Trinajstić information content (AvgIpc) is 2.56. The third kappa shape index (κ3) is 3.60. The average molecular weight is 283 g/mol. The molecule has 20 heavy (non-hydrogen) atoms. The lowest BCUT2D eigenvalue weighted by molar-refractivity contribution is -0.125. The summed E-state index contributed by atoms with van der Waals surface area (Å²) in [6, 6.07) is -0.259. The third-order valence-electron chi connectivity index (χ3n) is 3.40. The summed E-state index contributed by atoms with van der Waals surface area (Å²) in [5, 5.41) is 0. The summed E-state index contributed by atoms with van der Waals surface area (Å²) >= 11 is 0. The van der Waals surface area contributed by atoms with E-state index >= 15 is 0 Å².